The number of aliphatic hydroxyl groups excluding tert-OH is 1. The Morgan fingerprint density at radius 3 is 2.00 bits per heavy atom. The minimum absolute atomic E-state index is 0.0344. The van der Waals surface area contributed by atoms with Gasteiger partial charge in [-0.1, -0.05) is 0 Å². The Morgan fingerprint density at radius 1 is 1.00 bits per heavy atom. The molecule has 0 aliphatic carbocycles. The Balaban J connectivity index is 2.03. The smallest absolute Gasteiger partial charge is 0.217 e. The quantitative estimate of drug-likeness (QED) is 0.731. The molecule has 6 nitrogen and oxygen atoms in total. The summed E-state index contributed by atoms with van der Waals surface area (Å²) in [4.78, 5) is 0. The lowest BCUT2D eigenvalue weighted by Crippen LogP contribution is -2.46. The molecule has 0 spiro atoms. The largest absolute Gasteiger partial charge is 0.393 e. The van der Waals surface area contributed by atoms with Crippen LogP contribution in [0.5, 0.6) is 0 Å². The van der Waals surface area contributed by atoms with E-state index in [1.165, 1.54) is 4.31 Å². The van der Waals surface area contributed by atoms with Gasteiger partial charge in [-0.2, -0.15) is 0 Å². The SMILES string of the molecule is O=S1(=O)CCC(S(=O)(=O)N2CCC(O)CC2)CC1. The monoisotopic (exact) mass is 297 g/mol. The van der Waals surface area contributed by atoms with Crippen molar-refractivity contribution in [1.82, 2.24) is 4.31 Å². The van der Waals surface area contributed by atoms with Crippen molar-refractivity contribution in [2.45, 2.75) is 37.0 Å². The first-order valence-corrected chi connectivity index (χ1v) is 9.51. The fourth-order valence-electron chi connectivity index (χ4n) is 2.47. The summed E-state index contributed by atoms with van der Waals surface area (Å²) in [5.41, 5.74) is 0. The fraction of sp³-hybridized carbons (Fsp3) is 1.00. The first kappa shape index (κ1) is 14.2. The lowest BCUT2D eigenvalue weighted by molar-refractivity contribution is 0.112. The molecular weight excluding hydrogens is 278 g/mol. The number of piperidine rings is 1. The minimum atomic E-state index is -3.40. The maximum absolute atomic E-state index is 12.3. The highest BCUT2D eigenvalue weighted by atomic mass is 32.2. The molecule has 0 saturated carbocycles. The summed E-state index contributed by atoms with van der Waals surface area (Å²) < 4.78 is 48.6. The maximum Gasteiger partial charge on any atom is 0.217 e. The molecule has 2 fully saturated rings. The third kappa shape index (κ3) is 3.04. The summed E-state index contributed by atoms with van der Waals surface area (Å²) in [6.45, 7) is 0.680. The number of sulfonamides is 1. The molecule has 2 heterocycles. The van der Waals surface area contributed by atoms with Gasteiger partial charge in [0.25, 0.3) is 0 Å². The summed E-state index contributed by atoms with van der Waals surface area (Å²) in [5.74, 6) is -0.0687. The van der Waals surface area contributed by atoms with Gasteiger partial charge in [0.2, 0.25) is 10.0 Å². The highest BCUT2D eigenvalue weighted by Crippen LogP contribution is 2.24. The normalized spacial score (nSPS) is 28.3. The predicted octanol–water partition coefficient (Wildman–Crippen LogP) is -0.650. The molecule has 8 heteroatoms. The van der Waals surface area contributed by atoms with Crippen molar-refractivity contribution in [3.8, 4) is 0 Å². The molecule has 0 amide bonds. The maximum atomic E-state index is 12.3. The van der Waals surface area contributed by atoms with Gasteiger partial charge in [0.15, 0.2) is 0 Å². The van der Waals surface area contributed by atoms with Crippen molar-refractivity contribution in [1.29, 1.82) is 0 Å². The van der Waals surface area contributed by atoms with Crippen LogP contribution in [0.1, 0.15) is 25.7 Å². The molecule has 18 heavy (non-hydrogen) atoms. The molecule has 0 aromatic rings. The molecule has 0 bridgehead atoms. The molecular formula is C10H19NO5S2. The predicted molar refractivity (Wildman–Crippen MR) is 67.4 cm³/mol. The van der Waals surface area contributed by atoms with Crippen LogP contribution in [0.15, 0.2) is 0 Å². The Labute approximate surface area is 108 Å². The van der Waals surface area contributed by atoms with Crippen molar-refractivity contribution in [3.05, 3.63) is 0 Å². The molecule has 0 aromatic carbocycles. The number of nitrogens with zero attached hydrogens (tertiary/aromatic N) is 1. The van der Waals surface area contributed by atoms with Gasteiger partial charge in [-0.15, -0.1) is 0 Å². The second kappa shape index (κ2) is 5.07. The first-order valence-electron chi connectivity index (χ1n) is 6.19. The van der Waals surface area contributed by atoms with Crippen LogP contribution in [0.2, 0.25) is 0 Å². The zero-order valence-corrected chi connectivity index (χ0v) is 11.8. The summed E-state index contributed by atoms with van der Waals surface area (Å²) in [5, 5.41) is 8.80. The Bertz CT molecular complexity index is 476. The third-order valence-electron chi connectivity index (χ3n) is 3.71. The van der Waals surface area contributed by atoms with E-state index in [1.54, 1.807) is 0 Å². The van der Waals surface area contributed by atoms with Crippen LogP contribution in [0.25, 0.3) is 0 Å². The third-order valence-corrected chi connectivity index (χ3v) is 7.82. The zero-order valence-electron chi connectivity index (χ0n) is 10.2. The molecule has 0 radical (unpaired) electrons. The lowest BCUT2D eigenvalue weighted by Gasteiger charge is -2.33. The highest BCUT2D eigenvalue weighted by molar-refractivity contribution is 7.92. The van der Waals surface area contributed by atoms with Crippen molar-refractivity contribution >= 4 is 19.9 Å². The van der Waals surface area contributed by atoms with Crippen LogP contribution >= 0.6 is 0 Å². The van der Waals surface area contributed by atoms with Crippen LogP contribution in [0.3, 0.4) is 0 Å². The highest BCUT2D eigenvalue weighted by Gasteiger charge is 2.37. The van der Waals surface area contributed by atoms with Gasteiger partial charge in [-0.3, -0.25) is 0 Å². The molecule has 1 N–H and O–H groups in total. The van der Waals surface area contributed by atoms with E-state index in [0.717, 1.165) is 0 Å². The van der Waals surface area contributed by atoms with E-state index < -0.39 is 31.2 Å². The molecule has 0 atom stereocenters. The van der Waals surface area contributed by atoms with Crippen LogP contribution in [-0.2, 0) is 19.9 Å². The van der Waals surface area contributed by atoms with Gasteiger partial charge in [0.05, 0.1) is 22.9 Å². The van der Waals surface area contributed by atoms with E-state index in [9.17, 15) is 21.9 Å². The summed E-state index contributed by atoms with van der Waals surface area (Å²) >= 11 is 0. The molecule has 0 aromatic heterocycles. The topological polar surface area (TPSA) is 91.8 Å². The van der Waals surface area contributed by atoms with Crippen molar-refractivity contribution < 1.29 is 21.9 Å². The summed E-state index contributed by atoms with van der Waals surface area (Å²) in [6.07, 6.45) is 0.908. The first-order chi connectivity index (χ1) is 8.31. The lowest BCUT2D eigenvalue weighted by atomic mass is 10.1. The minimum Gasteiger partial charge on any atom is -0.393 e. The average molecular weight is 297 g/mol. The van der Waals surface area contributed by atoms with Crippen LogP contribution in [0.4, 0.5) is 0 Å². The van der Waals surface area contributed by atoms with E-state index in [2.05, 4.69) is 0 Å². The van der Waals surface area contributed by atoms with Crippen LogP contribution in [0, 0.1) is 0 Å². The molecule has 2 saturated heterocycles. The number of sulfone groups is 1. The summed E-state index contributed by atoms with van der Waals surface area (Å²) in [7, 11) is -6.44. The van der Waals surface area contributed by atoms with Crippen molar-refractivity contribution in [2.24, 2.45) is 0 Å². The fourth-order valence-corrected chi connectivity index (χ4v) is 6.24. The standard InChI is InChI=1S/C10H19NO5S2/c12-9-1-5-11(6-2-9)18(15,16)10-3-7-17(13,14)8-4-10/h9-10,12H,1-8H2. The second-order valence-corrected chi connectivity index (χ2v) is 9.54. The van der Waals surface area contributed by atoms with E-state index in [0.29, 0.717) is 25.9 Å². The van der Waals surface area contributed by atoms with Crippen LogP contribution < -0.4 is 0 Å². The van der Waals surface area contributed by atoms with Gasteiger partial charge in [0, 0.05) is 13.1 Å². The summed E-state index contributed by atoms with van der Waals surface area (Å²) in [6, 6.07) is 0. The second-order valence-electron chi connectivity index (χ2n) is 5.03. The average Bonchev–Trinajstić information content (AvgIpc) is 2.29. The van der Waals surface area contributed by atoms with E-state index in [-0.39, 0.29) is 24.3 Å². The molecule has 2 aliphatic heterocycles. The molecule has 106 valence electrons. The van der Waals surface area contributed by atoms with Crippen LogP contribution in [-0.4, -0.2) is 62.2 Å². The molecule has 2 aliphatic rings. The molecule has 0 unspecified atom stereocenters. The number of hydrogen-bond donors (Lipinski definition) is 1. The van der Waals surface area contributed by atoms with Gasteiger partial charge >= 0.3 is 0 Å². The van der Waals surface area contributed by atoms with Gasteiger partial charge in [-0.05, 0) is 25.7 Å². The number of rotatable bonds is 2. The number of aliphatic hydroxyl groups is 1. The van der Waals surface area contributed by atoms with Gasteiger partial charge in [0.1, 0.15) is 9.84 Å². The number of hydrogen-bond acceptors (Lipinski definition) is 5. The van der Waals surface area contributed by atoms with E-state index in [1.807, 2.05) is 0 Å². The van der Waals surface area contributed by atoms with Crippen molar-refractivity contribution in [3.63, 3.8) is 0 Å². The van der Waals surface area contributed by atoms with Gasteiger partial charge in [-0.25, -0.2) is 21.1 Å². The van der Waals surface area contributed by atoms with Crippen molar-refractivity contribution in [2.75, 3.05) is 24.6 Å². The Morgan fingerprint density at radius 2 is 1.50 bits per heavy atom. The Hall–Kier alpha value is -0.180. The van der Waals surface area contributed by atoms with Gasteiger partial charge < -0.3 is 5.11 Å². The zero-order chi connectivity index (χ0) is 13.4. The van der Waals surface area contributed by atoms with E-state index in [4.69, 9.17) is 0 Å². The molecule has 2 rings (SSSR count). The van der Waals surface area contributed by atoms with E-state index >= 15 is 0 Å². The Kier molecular flexibility index (Phi) is 4.01.